The van der Waals surface area contributed by atoms with Crippen molar-refractivity contribution in [2.45, 2.75) is 30.7 Å². The highest BCUT2D eigenvalue weighted by Gasteiger charge is 2.31. The van der Waals surface area contributed by atoms with Crippen LogP contribution in [0, 0.1) is 11.6 Å². The van der Waals surface area contributed by atoms with Gasteiger partial charge in [-0.15, -0.1) is 0 Å². The maximum atomic E-state index is 13.7. The molecule has 3 rings (SSSR count). The second kappa shape index (κ2) is 9.84. The van der Waals surface area contributed by atoms with Gasteiger partial charge in [-0.25, -0.2) is 25.6 Å². The summed E-state index contributed by atoms with van der Waals surface area (Å²) in [5, 5.41) is 2.49. The molecule has 0 aliphatic carbocycles. The molecule has 1 fully saturated rings. The number of benzene rings is 2. The van der Waals surface area contributed by atoms with Crippen LogP contribution in [0.15, 0.2) is 41.3 Å². The smallest absolute Gasteiger partial charge is 0.248 e. The SMILES string of the molecule is COc1ccc(S(=O)(=O)N2CCCC2)cc1NC(=O)[C@@H](C)N(c1ccc(F)c(F)c1)S(C)(=O)=O. The van der Waals surface area contributed by atoms with Crippen LogP contribution in [0.4, 0.5) is 20.2 Å². The molecule has 0 spiro atoms. The molecule has 1 saturated heterocycles. The van der Waals surface area contributed by atoms with Gasteiger partial charge in [0, 0.05) is 19.2 Å². The predicted octanol–water partition coefficient (Wildman–Crippen LogP) is 2.55. The lowest BCUT2D eigenvalue weighted by Gasteiger charge is -2.28. The summed E-state index contributed by atoms with van der Waals surface area (Å²) in [5.74, 6) is -3.14. The highest BCUT2D eigenvalue weighted by Crippen LogP contribution is 2.31. The highest BCUT2D eigenvalue weighted by atomic mass is 32.2. The normalized spacial score (nSPS) is 15.7. The van der Waals surface area contributed by atoms with Gasteiger partial charge in [0.15, 0.2) is 11.6 Å². The van der Waals surface area contributed by atoms with Crippen LogP contribution in [0.1, 0.15) is 19.8 Å². The molecule has 0 aromatic heterocycles. The zero-order valence-electron chi connectivity index (χ0n) is 18.8. The topological polar surface area (TPSA) is 113 Å². The van der Waals surface area contributed by atoms with Gasteiger partial charge in [0.25, 0.3) is 0 Å². The molecule has 2 aromatic rings. The van der Waals surface area contributed by atoms with Crippen molar-refractivity contribution in [1.29, 1.82) is 0 Å². The second-order valence-electron chi connectivity index (χ2n) is 7.80. The van der Waals surface area contributed by atoms with Crippen molar-refractivity contribution in [1.82, 2.24) is 4.31 Å². The summed E-state index contributed by atoms with van der Waals surface area (Å²) >= 11 is 0. The molecule has 9 nitrogen and oxygen atoms in total. The van der Waals surface area contributed by atoms with Crippen LogP contribution in [-0.4, -0.2) is 59.5 Å². The van der Waals surface area contributed by atoms with Gasteiger partial charge >= 0.3 is 0 Å². The Labute approximate surface area is 197 Å². The third kappa shape index (κ3) is 5.31. The largest absolute Gasteiger partial charge is 0.495 e. The van der Waals surface area contributed by atoms with Crippen LogP contribution in [0.2, 0.25) is 0 Å². The summed E-state index contributed by atoms with van der Waals surface area (Å²) < 4.78 is 84.9. The molecule has 1 aliphatic rings. The first-order valence-electron chi connectivity index (χ1n) is 10.3. The number of carbonyl (C=O) groups is 1. The highest BCUT2D eigenvalue weighted by molar-refractivity contribution is 7.92. The molecule has 1 N–H and O–H groups in total. The van der Waals surface area contributed by atoms with E-state index in [9.17, 15) is 30.4 Å². The van der Waals surface area contributed by atoms with Crippen LogP contribution in [0.3, 0.4) is 0 Å². The van der Waals surface area contributed by atoms with Gasteiger partial charge in [0.2, 0.25) is 26.0 Å². The maximum absolute atomic E-state index is 13.7. The van der Waals surface area contributed by atoms with Gasteiger partial charge in [-0.2, -0.15) is 4.31 Å². The molecule has 0 unspecified atom stereocenters. The number of methoxy groups -OCH3 is 1. The summed E-state index contributed by atoms with van der Waals surface area (Å²) in [6.07, 6.45) is 2.32. The predicted molar refractivity (Wildman–Crippen MR) is 123 cm³/mol. The lowest BCUT2D eigenvalue weighted by atomic mass is 10.2. The van der Waals surface area contributed by atoms with Crippen molar-refractivity contribution in [2.24, 2.45) is 0 Å². The van der Waals surface area contributed by atoms with Crippen molar-refractivity contribution >= 4 is 37.3 Å². The van der Waals surface area contributed by atoms with E-state index in [1.807, 2.05) is 0 Å². The minimum absolute atomic E-state index is 0.0124. The minimum atomic E-state index is -4.09. The quantitative estimate of drug-likeness (QED) is 0.576. The summed E-state index contributed by atoms with van der Waals surface area (Å²) in [6, 6.07) is 5.03. The van der Waals surface area contributed by atoms with E-state index < -0.39 is 43.6 Å². The lowest BCUT2D eigenvalue weighted by Crippen LogP contribution is -2.45. The lowest BCUT2D eigenvalue weighted by molar-refractivity contribution is -0.116. The Hall–Kier alpha value is -2.77. The van der Waals surface area contributed by atoms with Gasteiger partial charge in [0.1, 0.15) is 11.8 Å². The van der Waals surface area contributed by atoms with Crippen LogP contribution < -0.4 is 14.4 Å². The molecule has 1 amide bonds. The number of amides is 1. The minimum Gasteiger partial charge on any atom is -0.495 e. The number of rotatable bonds is 8. The first kappa shape index (κ1) is 25.8. The van der Waals surface area contributed by atoms with Crippen molar-refractivity contribution < 1.29 is 35.1 Å². The average molecular weight is 518 g/mol. The van der Waals surface area contributed by atoms with Gasteiger partial charge in [0.05, 0.1) is 29.6 Å². The molecule has 34 heavy (non-hydrogen) atoms. The molecule has 2 aromatic carbocycles. The Kier molecular flexibility index (Phi) is 7.48. The van der Waals surface area contributed by atoms with Gasteiger partial charge in [-0.05, 0) is 50.1 Å². The van der Waals surface area contributed by atoms with Crippen molar-refractivity contribution in [3.63, 3.8) is 0 Å². The van der Waals surface area contributed by atoms with E-state index in [-0.39, 0.29) is 22.0 Å². The first-order valence-corrected chi connectivity index (χ1v) is 13.6. The summed E-state index contributed by atoms with van der Waals surface area (Å²) in [6.45, 7) is 2.05. The van der Waals surface area contributed by atoms with Gasteiger partial charge in [-0.1, -0.05) is 0 Å². The second-order valence-corrected chi connectivity index (χ2v) is 11.6. The average Bonchev–Trinajstić information content (AvgIpc) is 3.31. The molecular weight excluding hydrogens is 492 g/mol. The number of hydrogen-bond donors (Lipinski definition) is 1. The zero-order chi connectivity index (χ0) is 25.3. The van der Waals surface area contributed by atoms with Crippen molar-refractivity contribution in [3.05, 3.63) is 48.0 Å². The summed E-state index contributed by atoms with van der Waals surface area (Å²) in [5.41, 5.74) is -0.236. The standard InChI is InChI=1S/C21H25F2N3O6S2/c1-14(26(33(3,28)29)15-6-8-17(22)18(23)12-15)21(27)24-19-13-16(7-9-20(19)32-2)34(30,31)25-10-4-5-11-25/h6-9,12-14H,4-5,10-11H2,1-3H3,(H,24,27)/t14-/m1/s1. The van der Waals surface area contributed by atoms with E-state index in [1.54, 1.807) is 0 Å². The Bertz CT molecular complexity index is 1300. The van der Waals surface area contributed by atoms with E-state index in [2.05, 4.69) is 5.32 Å². The number of halogens is 2. The Morgan fingerprint density at radius 3 is 2.26 bits per heavy atom. The number of nitrogens with one attached hydrogen (secondary N) is 1. The number of hydrogen-bond acceptors (Lipinski definition) is 6. The molecule has 1 atom stereocenters. The van der Waals surface area contributed by atoms with E-state index in [1.165, 1.54) is 36.5 Å². The molecule has 13 heteroatoms. The van der Waals surface area contributed by atoms with E-state index >= 15 is 0 Å². The molecule has 0 bridgehead atoms. The van der Waals surface area contributed by atoms with Crippen molar-refractivity contribution in [2.75, 3.05) is 36.1 Å². The molecule has 1 heterocycles. The van der Waals surface area contributed by atoms with E-state index in [0.717, 1.165) is 31.2 Å². The van der Waals surface area contributed by atoms with Crippen LogP contribution in [0.5, 0.6) is 5.75 Å². The molecule has 0 saturated carbocycles. The number of sulfonamides is 2. The van der Waals surface area contributed by atoms with Crippen LogP contribution in [-0.2, 0) is 24.8 Å². The number of carbonyl (C=O) groups excluding carboxylic acids is 1. The Morgan fingerprint density at radius 1 is 1.06 bits per heavy atom. The number of anilines is 2. The molecule has 0 radical (unpaired) electrons. The molecule has 1 aliphatic heterocycles. The van der Waals surface area contributed by atoms with E-state index in [4.69, 9.17) is 4.74 Å². The molecule has 186 valence electrons. The van der Waals surface area contributed by atoms with Crippen molar-refractivity contribution in [3.8, 4) is 5.75 Å². The van der Waals surface area contributed by atoms with E-state index in [0.29, 0.717) is 23.5 Å². The monoisotopic (exact) mass is 517 g/mol. The fourth-order valence-electron chi connectivity index (χ4n) is 3.69. The summed E-state index contributed by atoms with van der Waals surface area (Å²) in [7, 11) is -6.56. The number of ether oxygens (including phenoxy) is 1. The van der Waals surface area contributed by atoms with Gasteiger partial charge in [-0.3, -0.25) is 9.10 Å². The molecular formula is C21H25F2N3O6S2. The zero-order valence-corrected chi connectivity index (χ0v) is 20.4. The Balaban J connectivity index is 1.94. The third-order valence-electron chi connectivity index (χ3n) is 5.38. The summed E-state index contributed by atoms with van der Waals surface area (Å²) in [4.78, 5) is 13.0. The fourth-order valence-corrected chi connectivity index (χ4v) is 6.40. The third-order valence-corrected chi connectivity index (χ3v) is 8.51. The number of nitrogens with zero attached hydrogens (tertiary/aromatic N) is 2. The Morgan fingerprint density at radius 2 is 1.71 bits per heavy atom. The first-order chi connectivity index (χ1) is 15.9. The maximum Gasteiger partial charge on any atom is 0.248 e. The van der Waals surface area contributed by atoms with Crippen LogP contribution >= 0.6 is 0 Å². The van der Waals surface area contributed by atoms with Gasteiger partial charge < -0.3 is 10.1 Å². The fraction of sp³-hybridized carbons (Fsp3) is 0.381. The van der Waals surface area contributed by atoms with Crippen LogP contribution in [0.25, 0.3) is 0 Å².